The van der Waals surface area contributed by atoms with Crippen LogP contribution in [-0.2, 0) is 10.0 Å². The van der Waals surface area contributed by atoms with Crippen molar-refractivity contribution in [1.29, 1.82) is 0 Å². The molecule has 1 atom stereocenters. The van der Waals surface area contributed by atoms with Crippen LogP contribution in [0.3, 0.4) is 0 Å². The van der Waals surface area contributed by atoms with E-state index in [4.69, 9.17) is 0 Å². The van der Waals surface area contributed by atoms with Crippen molar-refractivity contribution in [3.63, 3.8) is 0 Å². The van der Waals surface area contributed by atoms with Gasteiger partial charge in [0.15, 0.2) is 0 Å². The fraction of sp³-hybridized carbons (Fsp3) is 1.00. The zero-order valence-electron chi connectivity index (χ0n) is 11.1. The minimum atomic E-state index is -3.21. The molecule has 0 bridgehead atoms. The topological polar surface area (TPSA) is 69.6 Å². The molecule has 0 radical (unpaired) electrons. The van der Waals surface area contributed by atoms with E-state index < -0.39 is 15.6 Å². The van der Waals surface area contributed by atoms with E-state index in [0.717, 1.165) is 32.4 Å². The Bertz CT molecular complexity index is 375. The smallest absolute Gasteiger partial charge is 0.214 e. The Morgan fingerprint density at radius 3 is 2.67 bits per heavy atom. The lowest BCUT2D eigenvalue weighted by Crippen LogP contribution is -2.50. The first-order chi connectivity index (χ1) is 8.39. The summed E-state index contributed by atoms with van der Waals surface area (Å²) in [5.41, 5.74) is -0.862. The van der Waals surface area contributed by atoms with Crippen molar-refractivity contribution in [2.24, 2.45) is 5.92 Å². The van der Waals surface area contributed by atoms with Crippen LogP contribution in [-0.4, -0.2) is 55.4 Å². The van der Waals surface area contributed by atoms with Crippen LogP contribution in [0, 0.1) is 5.92 Å². The standard InChI is InChI=1S/C12H24N2O3S/c1-12(15)5-2-8-14(10-12)18(16,17)9-11-3-6-13-7-4-11/h11,13,15H,2-10H2,1H3. The third kappa shape index (κ3) is 3.66. The molecule has 0 spiro atoms. The molecule has 0 aromatic carbocycles. The highest BCUT2D eigenvalue weighted by Crippen LogP contribution is 2.24. The van der Waals surface area contributed by atoms with Crippen molar-refractivity contribution >= 4 is 10.0 Å². The minimum Gasteiger partial charge on any atom is -0.389 e. The Hall–Kier alpha value is -0.170. The number of hydrogen-bond donors (Lipinski definition) is 2. The summed E-state index contributed by atoms with van der Waals surface area (Å²) in [5.74, 6) is 0.508. The molecule has 0 saturated carbocycles. The minimum absolute atomic E-state index is 0.241. The lowest BCUT2D eigenvalue weighted by Gasteiger charge is -2.37. The van der Waals surface area contributed by atoms with Gasteiger partial charge in [-0.25, -0.2) is 8.42 Å². The molecule has 2 N–H and O–H groups in total. The van der Waals surface area contributed by atoms with Gasteiger partial charge in [-0.05, 0) is 51.6 Å². The fourth-order valence-electron chi connectivity index (χ4n) is 2.86. The number of piperidine rings is 2. The highest BCUT2D eigenvalue weighted by Gasteiger charge is 2.35. The lowest BCUT2D eigenvalue weighted by molar-refractivity contribution is 0.00928. The van der Waals surface area contributed by atoms with Crippen LogP contribution in [0.2, 0.25) is 0 Å². The van der Waals surface area contributed by atoms with Crippen molar-refractivity contribution in [3.8, 4) is 0 Å². The number of nitrogens with zero attached hydrogens (tertiary/aromatic N) is 1. The number of rotatable bonds is 3. The molecule has 0 amide bonds. The van der Waals surface area contributed by atoms with Crippen molar-refractivity contribution in [1.82, 2.24) is 9.62 Å². The average molecular weight is 276 g/mol. The zero-order chi connectivity index (χ0) is 13.2. The Kier molecular flexibility index (Phi) is 4.31. The van der Waals surface area contributed by atoms with Crippen LogP contribution >= 0.6 is 0 Å². The summed E-state index contributed by atoms with van der Waals surface area (Å²) in [6.45, 7) is 4.36. The second-order valence-corrected chi connectivity index (χ2v) is 7.92. The highest BCUT2D eigenvalue weighted by molar-refractivity contribution is 7.89. The molecule has 0 aromatic heterocycles. The zero-order valence-corrected chi connectivity index (χ0v) is 11.9. The quantitative estimate of drug-likeness (QED) is 0.770. The number of nitrogens with one attached hydrogen (secondary N) is 1. The highest BCUT2D eigenvalue weighted by atomic mass is 32.2. The summed E-state index contributed by atoms with van der Waals surface area (Å²) in [4.78, 5) is 0. The Balaban J connectivity index is 1.97. The van der Waals surface area contributed by atoms with E-state index in [1.807, 2.05) is 0 Å². The first-order valence-electron chi connectivity index (χ1n) is 6.80. The molecule has 0 aliphatic carbocycles. The van der Waals surface area contributed by atoms with Gasteiger partial charge in [-0.2, -0.15) is 4.31 Å². The molecule has 2 rings (SSSR count). The molecule has 5 nitrogen and oxygen atoms in total. The van der Waals surface area contributed by atoms with Crippen molar-refractivity contribution in [3.05, 3.63) is 0 Å². The van der Waals surface area contributed by atoms with Crippen LogP contribution in [0.5, 0.6) is 0 Å². The Morgan fingerprint density at radius 1 is 1.39 bits per heavy atom. The van der Waals surface area contributed by atoms with Gasteiger partial charge >= 0.3 is 0 Å². The van der Waals surface area contributed by atoms with Gasteiger partial charge in [-0.3, -0.25) is 0 Å². The van der Waals surface area contributed by atoms with Crippen molar-refractivity contribution < 1.29 is 13.5 Å². The normalized spacial score (nSPS) is 32.6. The van der Waals surface area contributed by atoms with Gasteiger partial charge < -0.3 is 10.4 Å². The molecule has 2 heterocycles. The summed E-state index contributed by atoms with van der Waals surface area (Å²) in [6.07, 6.45) is 3.30. The van der Waals surface area contributed by atoms with Crippen LogP contribution in [0.15, 0.2) is 0 Å². The maximum atomic E-state index is 12.3. The van der Waals surface area contributed by atoms with Gasteiger partial charge in [-0.15, -0.1) is 0 Å². The van der Waals surface area contributed by atoms with Gasteiger partial charge in [0, 0.05) is 13.1 Å². The predicted octanol–water partition coefficient (Wildman–Crippen LogP) is 0.163. The van der Waals surface area contributed by atoms with Gasteiger partial charge in [0.1, 0.15) is 0 Å². The van der Waals surface area contributed by atoms with E-state index in [1.54, 1.807) is 6.92 Å². The van der Waals surface area contributed by atoms with Crippen molar-refractivity contribution in [2.45, 2.75) is 38.2 Å². The number of sulfonamides is 1. The maximum Gasteiger partial charge on any atom is 0.214 e. The summed E-state index contributed by atoms with van der Waals surface area (Å²) < 4.78 is 26.2. The molecule has 2 fully saturated rings. The summed E-state index contributed by atoms with van der Waals surface area (Å²) in [7, 11) is -3.21. The molecule has 1 unspecified atom stereocenters. The maximum absolute atomic E-state index is 12.3. The van der Waals surface area contributed by atoms with E-state index in [9.17, 15) is 13.5 Å². The summed E-state index contributed by atoms with van der Waals surface area (Å²) in [6, 6.07) is 0. The van der Waals surface area contributed by atoms with Gasteiger partial charge in [0.05, 0.1) is 11.4 Å². The molecule has 6 heteroatoms. The second kappa shape index (κ2) is 5.45. The van der Waals surface area contributed by atoms with Crippen LogP contribution in [0.25, 0.3) is 0 Å². The first-order valence-corrected chi connectivity index (χ1v) is 8.41. The van der Waals surface area contributed by atoms with E-state index >= 15 is 0 Å². The van der Waals surface area contributed by atoms with Crippen molar-refractivity contribution in [2.75, 3.05) is 31.9 Å². The van der Waals surface area contributed by atoms with E-state index in [0.29, 0.717) is 13.0 Å². The third-order valence-corrected chi connectivity index (χ3v) is 5.93. The molecular formula is C12H24N2O3S. The predicted molar refractivity (Wildman–Crippen MR) is 70.8 cm³/mol. The van der Waals surface area contributed by atoms with Crippen LogP contribution in [0.1, 0.15) is 32.6 Å². The molecule has 18 heavy (non-hydrogen) atoms. The van der Waals surface area contributed by atoms with E-state index in [1.165, 1.54) is 4.31 Å². The fourth-order valence-corrected chi connectivity index (χ4v) is 4.89. The van der Waals surface area contributed by atoms with Crippen LogP contribution < -0.4 is 5.32 Å². The third-order valence-electron chi connectivity index (χ3n) is 3.94. The molecule has 2 aliphatic rings. The van der Waals surface area contributed by atoms with E-state index in [-0.39, 0.29) is 18.2 Å². The second-order valence-electron chi connectivity index (χ2n) is 5.91. The lowest BCUT2D eigenvalue weighted by atomic mass is 9.97. The Morgan fingerprint density at radius 2 is 2.06 bits per heavy atom. The average Bonchev–Trinajstić information content (AvgIpc) is 2.28. The number of hydrogen-bond acceptors (Lipinski definition) is 4. The summed E-state index contributed by atoms with van der Waals surface area (Å²) >= 11 is 0. The number of β-amino-alcohol motifs (C(OH)–C–C–N with tert-alkyl or cyclic N) is 1. The monoisotopic (exact) mass is 276 g/mol. The SMILES string of the molecule is CC1(O)CCCN(S(=O)(=O)CC2CCNCC2)C1. The molecular weight excluding hydrogens is 252 g/mol. The molecule has 2 saturated heterocycles. The molecule has 2 aliphatic heterocycles. The van der Waals surface area contributed by atoms with Crippen LogP contribution in [0.4, 0.5) is 0 Å². The first kappa shape index (κ1) is 14.2. The molecule has 106 valence electrons. The number of aliphatic hydroxyl groups is 1. The Labute approximate surface area is 110 Å². The van der Waals surface area contributed by atoms with E-state index in [2.05, 4.69) is 5.32 Å². The summed E-state index contributed by atoms with van der Waals surface area (Å²) in [5, 5.41) is 13.2. The van der Waals surface area contributed by atoms with Gasteiger partial charge in [0.2, 0.25) is 10.0 Å². The largest absolute Gasteiger partial charge is 0.389 e. The molecule has 0 aromatic rings. The van der Waals surface area contributed by atoms with Gasteiger partial charge in [-0.1, -0.05) is 0 Å². The van der Waals surface area contributed by atoms with Gasteiger partial charge in [0.25, 0.3) is 0 Å².